The highest BCUT2D eigenvalue weighted by molar-refractivity contribution is 5.83. The number of halogens is 2. The maximum Gasteiger partial charge on any atom is 0.326 e. The van der Waals surface area contributed by atoms with Gasteiger partial charge in [-0.1, -0.05) is 26.0 Å². The normalized spacial score (nSPS) is 12.2. The molecule has 0 unspecified atom stereocenters. The lowest BCUT2D eigenvalue weighted by Crippen LogP contribution is -2.44. The minimum Gasteiger partial charge on any atom is -0.480 e. The predicted molar refractivity (Wildman–Crippen MR) is 69.1 cm³/mol. The van der Waals surface area contributed by atoms with E-state index >= 15 is 0 Å². The molecule has 0 heterocycles. The summed E-state index contributed by atoms with van der Waals surface area (Å²) in [5.41, 5.74) is 0.0940. The van der Waals surface area contributed by atoms with E-state index in [1.165, 1.54) is 12.1 Å². The number of benzene rings is 1. The largest absolute Gasteiger partial charge is 0.480 e. The first-order valence-corrected chi connectivity index (χ1v) is 6.28. The first-order chi connectivity index (χ1) is 9.32. The average molecular weight is 285 g/mol. The molecule has 110 valence electrons. The Morgan fingerprint density at radius 3 is 2.50 bits per heavy atom. The van der Waals surface area contributed by atoms with Gasteiger partial charge >= 0.3 is 5.97 Å². The summed E-state index contributed by atoms with van der Waals surface area (Å²) < 4.78 is 26.3. The van der Waals surface area contributed by atoms with Gasteiger partial charge in [0, 0.05) is 6.42 Å². The average Bonchev–Trinajstić information content (AvgIpc) is 2.37. The van der Waals surface area contributed by atoms with Gasteiger partial charge in [0.15, 0.2) is 11.6 Å². The molecule has 20 heavy (non-hydrogen) atoms. The zero-order valence-corrected chi connectivity index (χ0v) is 11.3. The summed E-state index contributed by atoms with van der Waals surface area (Å²) in [7, 11) is 0. The number of carbonyl (C=O) groups excluding carboxylic acids is 1. The topological polar surface area (TPSA) is 66.4 Å². The molecule has 1 aromatic rings. The molecule has 0 aromatic heterocycles. The highest BCUT2D eigenvalue weighted by atomic mass is 19.2. The van der Waals surface area contributed by atoms with Crippen LogP contribution in [0.4, 0.5) is 8.78 Å². The molecule has 1 rings (SSSR count). The molecule has 0 saturated carbocycles. The first kappa shape index (κ1) is 16.1. The second-order valence-corrected chi connectivity index (χ2v) is 4.84. The Morgan fingerprint density at radius 1 is 1.30 bits per heavy atom. The molecule has 0 saturated heterocycles. The maximum absolute atomic E-state index is 13.4. The number of amides is 1. The third-order valence-electron chi connectivity index (χ3n) is 2.90. The van der Waals surface area contributed by atoms with Crippen LogP contribution in [0.25, 0.3) is 0 Å². The highest BCUT2D eigenvalue weighted by Crippen LogP contribution is 2.13. The third kappa shape index (κ3) is 4.29. The van der Waals surface area contributed by atoms with Gasteiger partial charge in [-0.05, 0) is 24.0 Å². The van der Waals surface area contributed by atoms with Crippen molar-refractivity contribution in [2.24, 2.45) is 5.92 Å². The van der Waals surface area contributed by atoms with E-state index in [0.29, 0.717) is 0 Å². The monoisotopic (exact) mass is 285 g/mol. The van der Waals surface area contributed by atoms with Gasteiger partial charge in [-0.15, -0.1) is 0 Å². The van der Waals surface area contributed by atoms with Gasteiger partial charge in [0.05, 0.1) is 0 Å². The van der Waals surface area contributed by atoms with Crippen LogP contribution in [-0.2, 0) is 16.0 Å². The third-order valence-corrected chi connectivity index (χ3v) is 2.90. The standard InChI is InChI=1S/C14H17F2NO3/c1-8(2)13(14(19)20)17-11(18)7-6-9-4-3-5-10(15)12(9)16/h3-5,8,13H,6-7H2,1-2H3,(H,17,18)(H,19,20)/t13-/m1/s1. The van der Waals surface area contributed by atoms with Gasteiger partial charge in [-0.3, -0.25) is 4.79 Å². The molecule has 0 radical (unpaired) electrons. The molecular formula is C14H17F2NO3. The van der Waals surface area contributed by atoms with E-state index in [2.05, 4.69) is 5.32 Å². The summed E-state index contributed by atoms with van der Waals surface area (Å²) >= 11 is 0. The lowest BCUT2D eigenvalue weighted by molar-refractivity contribution is -0.143. The molecule has 0 bridgehead atoms. The quantitative estimate of drug-likeness (QED) is 0.841. The number of aliphatic carboxylic acids is 1. The second kappa shape index (κ2) is 6.98. The van der Waals surface area contributed by atoms with Crippen molar-refractivity contribution in [3.8, 4) is 0 Å². The van der Waals surface area contributed by atoms with Crippen molar-refractivity contribution in [2.45, 2.75) is 32.7 Å². The first-order valence-electron chi connectivity index (χ1n) is 6.28. The van der Waals surface area contributed by atoms with E-state index in [4.69, 9.17) is 5.11 Å². The van der Waals surface area contributed by atoms with E-state index in [0.717, 1.165) is 6.07 Å². The SMILES string of the molecule is CC(C)[C@@H](NC(=O)CCc1cccc(F)c1F)C(=O)O. The molecular weight excluding hydrogens is 268 g/mol. The van der Waals surface area contributed by atoms with Crippen LogP contribution in [0.15, 0.2) is 18.2 Å². The van der Waals surface area contributed by atoms with Crippen molar-refractivity contribution in [2.75, 3.05) is 0 Å². The van der Waals surface area contributed by atoms with Crippen molar-refractivity contribution in [3.63, 3.8) is 0 Å². The zero-order valence-electron chi connectivity index (χ0n) is 11.3. The van der Waals surface area contributed by atoms with Gasteiger partial charge in [-0.2, -0.15) is 0 Å². The highest BCUT2D eigenvalue weighted by Gasteiger charge is 2.23. The van der Waals surface area contributed by atoms with Crippen LogP contribution in [-0.4, -0.2) is 23.0 Å². The summed E-state index contributed by atoms with van der Waals surface area (Å²) in [5.74, 6) is -3.82. The second-order valence-electron chi connectivity index (χ2n) is 4.84. The number of rotatable bonds is 6. The van der Waals surface area contributed by atoms with Crippen molar-refractivity contribution >= 4 is 11.9 Å². The van der Waals surface area contributed by atoms with Gasteiger partial charge in [0.1, 0.15) is 6.04 Å². The molecule has 0 fully saturated rings. The fourth-order valence-electron chi connectivity index (χ4n) is 1.75. The Morgan fingerprint density at radius 2 is 1.95 bits per heavy atom. The molecule has 1 amide bonds. The van der Waals surface area contributed by atoms with Crippen LogP contribution in [0.1, 0.15) is 25.8 Å². The molecule has 1 aromatic carbocycles. The Hall–Kier alpha value is -1.98. The molecule has 0 aliphatic carbocycles. The molecule has 1 atom stereocenters. The van der Waals surface area contributed by atoms with E-state index in [-0.39, 0.29) is 24.3 Å². The Bertz CT molecular complexity index is 503. The van der Waals surface area contributed by atoms with E-state index in [1.54, 1.807) is 13.8 Å². The summed E-state index contributed by atoms with van der Waals surface area (Å²) in [6, 6.07) is 2.76. The number of hydrogen-bond donors (Lipinski definition) is 2. The van der Waals surface area contributed by atoms with Gasteiger partial charge in [0.25, 0.3) is 0 Å². The van der Waals surface area contributed by atoms with Crippen LogP contribution in [0, 0.1) is 17.6 Å². The van der Waals surface area contributed by atoms with Crippen molar-refractivity contribution in [1.82, 2.24) is 5.32 Å². The summed E-state index contributed by atoms with van der Waals surface area (Å²) in [6.45, 7) is 3.34. The molecule has 0 aliphatic heterocycles. The van der Waals surface area contributed by atoms with Gasteiger partial charge < -0.3 is 10.4 Å². The Labute approximate surface area is 115 Å². The van der Waals surface area contributed by atoms with Crippen molar-refractivity contribution in [1.29, 1.82) is 0 Å². The smallest absolute Gasteiger partial charge is 0.326 e. The molecule has 0 aliphatic rings. The minimum atomic E-state index is -1.12. The molecule has 4 nitrogen and oxygen atoms in total. The van der Waals surface area contributed by atoms with Crippen LogP contribution in [0.3, 0.4) is 0 Å². The zero-order chi connectivity index (χ0) is 15.3. The number of aryl methyl sites for hydroxylation is 1. The fraction of sp³-hybridized carbons (Fsp3) is 0.429. The van der Waals surface area contributed by atoms with Crippen LogP contribution >= 0.6 is 0 Å². The van der Waals surface area contributed by atoms with Crippen LogP contribution in [0.2, 0.25) is 0 Å². The number of carboxylic acids is 1. The van der Waals surface area contributed by atoms with Gasteiger partial charge in [0.2, 0.25) is 5.91 Å². The predicted octanol–water partition coefficient (Wildman–Crippen LogP) is 2.12. The molecule has 6 heteroatoms. The van der Waals surface area contributed by atoms with Gasteiger partial charge in [-0.25, -0.2) is 13.6 Å². The number of carboxylic acid groups (broad SMARTS) is 1. The number of nitrogens with one attached hydrogen (secondary N) is 1. The van der Waals surface area contributed by atoms with E-state index in [1.807, 2.05) is 0 Å². The molecule has 2 N–H and O–H groups in total. The summed E-state index contributed by atoms with van der Waals surface area (Å²) in [6.07, 6.45) is -0.0866. The lowest BCUT2D eigenvalue weighted by Gasteiger charge is -2.17. The minimum absolute atomic E-state index is 0.0138. The van der Waals surface area contributed by atoms with E-state index < -0.39 is 29.6 Å². The maximum atomic E-state index is 13.4. The lowest BCUT2D eigenvalue weighted by atomic mass is 10.0. The molecule has 0 spiro atoms. The fourth-order valence-corrected chi connectivity index (χ4v) is 1.75. The summed E-state index contributed by atoms with van der Waals surface area (Å²) in [5, 5.41) is 11.3. The van der Waals surface area contributed by atoms with Crippen molar-refractivity contribution < 1.29 is 23.5 Å². The van der Waals surface area contributed by atoms with Crippen LogP contribution in [0.5, 0.6) is 0 Å². The number of carbonyl (C=O) groups is 2. The van der Waals surface area contributed by atoms with E-state index in [9.17, 15) is 18.4 Å². The Kier molecular flexibility index (Phi) is 5.61. The number of hydrogen-bond acceptors (Lipinski definition) is 2. The van der Waals surface area contributed by atoms with Crippen molar-refractivity contribution in [3.05, 3.63) is 35.4 Å². The Balaban J connectivity index is 2.59. The summed E-state index contributed by atoms with van der Waals surface area (Å²) in [4.78, 5) is 22.6. The van der Waals surface area contributed by atoms with Crippen LogP contribution < -0.4 is 5.32 Å².